The lowest BCUT2D eigenvalue weighted by Gasteiger charge is -2.17. The SMILES string of the molecule is O=C1SC(Nc2cccc(Br)c2)C(=O)N1c1cccc2ccccc12. The van der Waals surface area contributed by atoms with E-state index >= 15 is 0 Å². The maximum absolute atomic E-state index is 12.9. The van der Waals surface area contributed by atoms with Crippen LogP contribution in [0.15, 0.2) is 71.2 Å². The zero-order valence-electron chi connectivity index (χ0n) is 13.0. The predicted molar refractivity (Wildman–Crippen MR) is 106 cm³/mol. The molecule has 0 bridgehead atoms. The van der Waals surface area contributed by atoms with Gasteiger partial charge >= 0.3 is 0 Å². The average Bonchev–Trinajstić information content (AvgIpc) is 2.88. The minimum absolute atomic E-state index is 0.258. The quantitative estimate of drug-likeness (QED) is 0.638. The Morgan fingerprint density at radius 2 is 1.72 bits per heavy atom. The molecule has 1 saturated heterocycles. The van der Waals surface area contributed by atoms with Crippen LogP contribution in [-0.4, -0.2) is 16.5 Å². The van der Waals surface area contributed by atoms with Crippen LogP contribution in [0.25, 0.3) is 10.8 Å². The van der Waals surface area contributed by atoms with Crippen LogP contribution in [0, 0.1) is 0 Å². The Balaban J connectivity index is 1.67. The third kappa shape index (κ3) is 3.03. The van der Waals surface area contributed by atoms with Gasteiger partial charge in [0.15, 0.2) is 5.37 Å². The van der Waals surface area contributed by atoms with Gasteiger partial charge in [0.25, 0.3) is 11.1 Å². The Labute approximate surface area is 157 Å². The van der Waals surface area contributed by atoms with Gasteiger partial charge in [0.05, 0.1) is 5.69 Å². The lowest BCUT2D eigenvalue weighted by atomic mass is 10.1. The first-order chi connectivity index (χ1) is 12.1. The summed E-state index contributed by atoms with van der Waals surface area (Å²) in [6.45, 7) is 0. The van der Waals surface area contributed by atoms with Gasteiger partial charge in [0.1, 0.15) is 0 Å². The lowest BCUT2D eigenvalue weighted by molar-refractivity contribution is -0.116. The molecule has 1 unspecified atom stereocenters. The number of carbonyl (C=O) groups is 2. The van der Waals surface area contributed by atoms with Crippen LogP contribution < -0.4 is 10.2 Å². The molecule has 4 nitrogen and oxygen atoms in total. The van der Waals surface area contributed by atoms with Crippen molar-refractivity contribution in [3.05, 3.63) is 71.2 Å². The maximum atomic E-state index is 12.9. The van der Waals surface area contributed by atoms with E-state index in [4.69, 9.17) is 0 Å². The molecule has 2 amide bonds. The normalized spacial score (nSPS) is 17.3. The highest BCUT2D eigenvalue weighted by Gasteiger charge is 2.41. The van der Waals surface area contributed by atoms with E-state index in [1.54, 1.807) is 6.07 Å². The molecule has 3 aromatic carbocycles. The van der Waals surface area contributed by atoms with Gasteiger partial charge in [-0.3, -0.25) is 9.59 Å². The largest absolute Gasteiger partial charge is 0.365 e. The molecule has 3 aromatic rings. The number of amides is 2. The number of halogens is 1. The van der Waals surface area contributed by atoms with Crippen molar-refractivity contribution in [3.8, 4) is 0 Å². The number of carbonyl (C=O) groups excluding carboxylic acids is 2. The zero-order valence-corrected chi connectivity index (χ0v) is 15.4. The van der Waals surface area contributed by atoms with Crippen molar-refractivity contribution < 1.29 is 9.59 Å². The van der Waals surface area contributed by atoms with Crippen LogP contribution in [0.3, 0.4) is 0 Å². The minimum Gasteiger partial charge on any atom is -0.365 e. The highest BCUT2D eigenvalue weighted by atomic mass is 79.9. The van der Waals surface area contributed by atoms with Gasteiger partial charge in [-0.25, -0.2) is 4.90 Å². The third-order valence-electron chi connectivity index (χ3n) is 3.98. The number of fused-ring (bicyclic) bond motifs is 1. The van der Waals surface area contributed by atoms with Gasteiger partial charge < -0.3 is 5.32 Å². The van der Waals surface area contributed by atoms with Crippen LogP contribution >= 0.6 is 27.7 Å². The Morgan fingerprint density at radius 3 is 2.56 bits per heavy atom. The third-order valence-corrected chi connectivity index (χ3v) is 5.41. The smallest absolute Gasteiger partial charge is 0.295 e. The molecule has 1 atom stereocenters. The van der Waals surface area contributed by atoms with E-state index in [1.165, 1.54) is 4.90 Å². The Kier molecular flexibility index (Phi) is 4.23. The molecule has 6 heteroatoms. The van der Waals surface area contributed by atoms with Crippen LogP contribution in [0.1, 0.15) is 0 Å². The number of benzene rings is 3. The number of rotatable bonds is 3. The zero-order chi connectivity index (χ0) is 17.4. The number of nitrogens with zero attached hydrogens (tertiary/aromatic N) is 1. The number of hydrogen-bond donors (Lipinski definition) is 1. The molecule has 0 radical (unpaired) electrons. The number of nitrogens with one attached hydrogen (secondary N) is 1. The van der Waals surface area contributed by atoms with Crippen molar-refractivity contribution in [1.29, 1.82) is 0 Å². The molecule has 25 heavy (non-hydrogen) atoms. The molecule has 124 valence electrons. The highest BCUT2D eigenvalue weighted by Crippen LogP contribution is 2.36. The number of imide groups is 1. The molecule has 0 aliphatic carbocycles. The van der Waals surface area contributed by atoms with Crippen LogP contribution in [0.2, 0.25) is 0 Å². The van der Waals surface area contributed by atoms with Crippen molar-refractivity contribution in [2.45, 2.75) is 5.37 Å². The van der Waals surface area contributed by atoms with E-state index < -0.39 is 5.37 Å². The van der Waals surface area contributed by atoms with Gasteiger partial charge in [0.2, 0.25) is 0 Å². The lowest BCUT2D eigenvalue weighted by Crippen LogP contribution is -2.34. The molecule has 1 aliphatic rings. The summed E-state index contributed by atoms with van der Waals surface area (Å²) in [5.74, 6) is -0.258. The number of hydrogen-bond acceptors (Lipinski definition) is 4. The van der Waals surface area contributed by atoms with Crippen LogP contribution in [-0.2, 0) is 4.79 Å². The molecular formula is C19H13BrN2O2S. The van der Waals surface area contributed by atoms with E-state index in [1.807, 2.05) is 60.7 Å². The first kappa shape index (κ1) is 16.2. The first-order valence-corrected chi connectivity index (χ1v) is 9.35. The van der Waals surface area contributed by atoms with Gasteiger partial charge in [0, 0.05) is 15.5 Å². The fourth-order valence-corrected chi connectivity index (χ4v) is 4.15. The van der Waals surface area contributed by atoms with Crippen molar-refractivity contribution in [1.82, 2.24) is 0 Å². The molecule has 0 saturated carbocycles. The number of thioether (sulfide) groups is 1. The van der Waals surface area contributed by atoms with Gasteiger partial charge in [-0.2, -0.15) is 0 Å². The monoisotopic (exact) mass is 412 g/mol. The summed E-state index contributed by atoms with van der Waals surface area (Å²) in [4.78, 5) is 26.6. The van der Waals surface area contributed by atoms with E-state index in [-0.39, 0.29) is 11.1 Å². The summed E-state index contributed by atoms with van der Waals surface area (Å²) in [7, 11) is 0. The number of anilines is 2. The Bertz CT molecular complexity index is 987. The van der Waals surface area contributed by atoms with Gasteiger partial charge in [-0.1, -0.05) is 58.4 Å². The average molecular weight is 413 g/mol. The minimum atomic E-state index is -0.638. The fraction of sp³-hybridized carbons (Fsp3) is 0.0526. The molecule has 1 heterocycles. The standard InChI is InChI=1S/C19H13BrN2O2S/c20-13-7-4-8-14(11-13)21-17-18(23)22(19(24)25-17)16-10-3-6-12-5-1-2-9-15(12)16/h1-11,17,21H. The van der Waals surface area contributed by atoms with Crippen molar-refractivity contribution >= 4 is 61.0 Å². The predicted octanol–water partition coefficient (Wildman–Crippen LogP) is 5.24. The van der Waals surface area contributed by atoms with Crippen molar-refractivity contribution in [2.24, 2.45) is 0 Å². The van der Waals surface area contributed by atoms with E-state index in [0.29, 0.717) is 5.69 Å². The second-order valence-corrected chi connectivity index (χ2v) is 7.56. The molecule has 4 rings (SSSR count). The summed E-state index contributed by atoms with van der Waals surface area (Å²) in [6.07, 6.45) is 0. The molecule has 1 N–H and O–H groups in total. The van der Waals surface area contributed by atoms with E-state index in [2.05, 4.69) is 21.2 Å². The molecule has 0 spiro atoms. The second kappa shape index (κ2) is 6.54. The summed E-state index contributed by atoms with van der Waals surface area (Å²) < 4.78 is 0.908. The molecule has 1 fully saturated rings. The maximum Gasteiger partial charge on any atom is 0.295 e. The second-order valence-electron chi connectivity index (χ2n) is 5.59. The van der Waals surface area contributed by atoms with Crippen LogP contribution in [0.5, 0.6) is 0 Å². The van der Waals surface area contributed by atoms with E-state index in [9.17, 15) is 9.59 Å². The van der Waals surface area contributed by atoms with E-state index in [0.717, 1.165) is 32.7 Å². The molecule has 0 aromatic heterocycles. The van der Waals surface area contributed by atoms with Gasteiger partial charge in [-0.05, 0) is 41.4 Å². The summed E-state index contributed by atoms with van der Waals surface area (Å²) >= 11 is 4.40. The van der Waals surface area contributed by atoms with Crippen molar-refractivity contribution in [2.75, 3.05) is 10.2 Å². The van der Waals surface area contributed by atoms with Gasteiger partial charge in [-0.15, -0.1) is 0 Å². The first-order valence-electron chi connectivity index (χ1n) is 7.68. The highest BCUT2D eigenvalue weighted by molar-refractivity contribution is 9.10. The Morgan fingerprint density at radius 1 is 0.960 bits per heavy atom. The van der Waals surface area contributed by atoms with Crippen LogP contribution in [0.4, 0.5) is 16.2 Å². The summed E-state index contributed by atoms with van der Waals surface area (Å²) in [6, 6.07) is 20.9. The molecule has 1 aliphatic heterocycles. The fourth-order valence-electron chi connectivity index (χ4n) is 2.85. The van der Waals surface area contributed by atoms with Crippen molar-refractivity contribution in [3.63, 3.8) is 0 Å². The topological polar surface area (TPSA) is 49.4 Å². The Hall–Kier alpha value is -2.31. The molecular weight excluding hydrogens is 400 g/mol. The summed E-state index contributed by atoms with van der Waals surface area (Å²) in [5.41, 5.74) is 1.41. The summed E-state index contributed by atoms with van der Waals surface area (Å²) in [5, 5.41) is 4.10.